The van der Waals surface area contributed by atoms with E-state index >= 15 is 8.78 Å². The molecule has 1 aliphatic carbocycles. The minimum Gasteiger partial charge on any atom is -0.481 e. The molecule has 2 aromatic heterocycles. The predicted molar refractivity (Wildman–Crippen MR) is 183 cm³/mol. The fourth-order valence-electron chi connectivity index (χ4n) is 7.44. The molecule has 0 saturated heterocycles. The van der Waals surface area contributed by atoms with Crippen molar-refractivity contribution >= 4 is 22.8 Å². The van der Waals surface area contributed by atoms with E-state index in [2.05, 4.69) is 27.9 Å². The van der Waals surface area contributed by atoms with Crippen molar-refractivity contribution < 1.29 is 28.2 Å². The molecule has 3 aromatic carbocycles. The van der Waals surface area contributed by atoms with E-state index < -0.39 is 23.0 Å². The number of aryl methyl sites for hydroxylation is 2. The number of aromatic amines is 2. The summed E-state index contributed by atoms with van der Waals surface area (Å²) in [4.78, 5) is 37.7. The van der Waals surface area contributed by atoms with Crippen molar-refractivity contribution in [3.8, 4) is 22.9 Å². The Bertz CT molecular complexity index is 2050. The molecule has 5 aromatic rings. The Morgan fingerprint density at radius 3 is 2.67 bits per heavy atom. The molecule has 1 saturated carbocycles. The van der Waals surface area contributed by atoms with Crippen LogP contribution >= 0.6 is 0 Å². The van der Waals surface area contributed by atoms with Crippen LogP contribution in [0, 0.1) is 17.0 Å². The maximum atomic E-state index is 15.7. The number of hydrogen-bond acceptors (Lipinski definition) is 4. The number of carboxylic acids is 1. The number of nitrogens with one attached hydrogen (secondary N) is 2. The molecule has 1 spiro atoms. The number of halogens is 2. The molecule has 4 bridgehead atoms. The van der Waals surface area contributed by atoms with Crippen LogP contribution in [-0.4, -0.2) is 50.4 Å². The fraction of sp³-hybridized carbons (Fsp3) is 0.359. The molecule has 49 heavy (non-hydrogen) atoms. The average molecular weight is 667 g/mol. The molecule has 7 rings (SSSR count). The predicted octanol–water partition coefficient (Wildman–Crippen LogP) is 8.31. The van der Waals surface area contributed by atoms with Crippen LogP contribution in [0.5, 0.6) is 11.5 Å². The number of carbonyl (C=O) groups is 2. The second kappa shape index (κ2) is 12.8. The number of H-pyrrole nitrogens is 2. The van der Waals surface area contributed by atoms with Crippen molar-refractivity contribution in [2.45, 2.75) is 70.1 Å². The van der Waals surface area contributed by atoms with Gasteiger partial charge < -0.3 is 24.7 Å². The Balaban J connectivity index is 1.31. The van der Waals surface area contributed by atoms with Crippen molar-refractivity contribution in [2.24, 2.45) is 5.41 Å². The number of carbonyl (C=O) groups excluding carboxylic acids is 1. The Kier molecular flexibility index (Phi) is 8.50. The third-order valence-electron chi connectivity index (χ3n) is 10.6. The van der Waals surface area contributed by atoms with Crippen LogP contribution in [0.15, 0.2) is 67.0 Å². The summed E-state index contributed by atoms with van der Waals surface area (Å²) in [6, 6.07) is 15.4. The highest BCUT2D eigenvalue weighted by molar-refractivity contribution is 5.86. The van der Waals surface area contributed by atoms with Gasteiger partial charge in [-0.05, 0) is 86.3 Å². The van der Waals surface area contributed by atoms with Gasteiger partial charge in [-0.2, -0.15) is 0 Å². The van der Waals surface area contributed by atoms with Gasteiger partial charge in [-0.25, -0.2) is 13.8 Å². The number of rotatable bonds is 4. The fourth-order valence-corrected chi connectivity index (χ4v) is 7.44. The van der Waals surface area contributed by atoms with Crippen LogP contribution in [0.3, 0.4) is 0 Å². The molecule has 10 heteroatoms. The number of imidazole rings is 1. The van der Waals surface area contributed by atoms with Crippen molar-refractivity contribution in [1.82, 2.24) is 19.9 Å². The van der Waals surface area contributed by atoms with Gasteiger partial charge in [-0.15, -0.1) is 0 Å². The van der Waals surface area contributed by atoms with Crippen molar-refractivity contribution in [3.05, 3.63) is 101 Å². The Morgan fingerprint density at radius 1 is 1.04 bits per heavy atom. The smallest absolute Gasteiger partial charge is 0.303 e. The zero-order valence-corrected chi connectivity index (χ0v) is 27.7. The van der Waals surface area contributed by atoms with Crippen molar-refractivity contribution in [2.75, 3.05) is 13.6 Å². The molecule has 1 fully saturated rings. The highest BCUT2D eigenvalue weighted by Gasteiger charge is 2.44. The van der Waals surface area contributed by atoms with Crippen molar-refractivity contribution in [1.29, 1.82) is 0 Å². The van der Waals surface area contributed by atoms with Crippen LogP contribution in [0.25, 0.3) is 22.3 Å². The lowest BCUT2D eigenvalue weighted by Crippen LogP contribution is -2.33. The Morgan fingerprint density at radius 2 is 1.88 bits per heavy atom. The summed E-state index contributed by atoms with van der Waals surface area (Å²) in [6.07, 6.45) is 9.02. The summed E-state index contributed by atoms with van der Waals surface area (Å²) in [5.74, 6) is -1.40. The van der Waals surface area contributed by atoms with Gasteiger partial charge in [0.15, 0.2) is 11.6 Å². The molecule has 2 aliphatic rings. The molecule has 254 valence electrons. The summed E-state index contributed by atoms with van der Waals surface area (Å²) in [5, 5.41) is 10.0. The molecule has 1 aliphatic heterocycles. The normalized spacial score (nSPS) is 19.5. The largest absolute Gasteiger partial charge is 0.481 e. The molecule has 1 atom stereocenters. The molecule has 0 radical (unpaired) electrons. The quantitative estimate of drug-likeness (QED) is 0.179. The second-order valence-corrected chi connectivity index (χ2v) is 14.0. The Labute approximate surface area is 283 Å². The lowest BCUT2D eigenvalue weighted by molar-refractivity contribution is -0.137. The van der Waals surface area contributed by atoms with E-state index in [0.29, 0.717) is 29.9 Å². The minimum absolute atomic E-state index is 0.00665. The number of aromatic nitrogens is 3. The molecule has 8 nitrogen and oxygen atoms in total. The molecular formula is C39H40F2N4O4. The molecular weight excluding hydrogens is 626 g/mol. The summed E-state index contributed by atoms with van der Waals surface area (Å²) < 4.78 is 37.3. The first-order chi connectivity index (χ1) is 23.5. The first kappa shape index (κ1) is 32.6. The monoisotopic (exact) mass is 666 g/mol. The van der Waals surface area contributed by atoms with Gasteiger partial charge in [-0.1, -0.05) is 30.7 Å². The Hall–Kier alpha value is -4.99. The summed E-state index contributed by atoms with van der Waals surface area (Å²) in [6.45, 7) is 2.79. The van der Waals surface area contributed by atoms with E-state index in [1.807, 2.05) is 36.2 Å². The number of benzene rings is 3. The number of carboxylic acid groups (broad SMARTS) is 1. The van der Waals surface area contributed by atoms with Crippen LogP contribution in [-0.2, 0) is 27.8 Å². The zero-order valence-electron chi connectivity index (χ0n) is 27.7. The summed E-state index contributed by atoms with van der Waals surface area (Å²) >= 11 is 0. The number of aliphatic carboxylic acids is 1. The first-order valence-electron chi connectivity index (χ1n) is 16.9. The van der Waals surface area contributed by atoms with Crippen LogP contribution in [0.4, 0.5) is 8.78 Å². The van der Waals surface area contributed by atoms with Gasteiger partial charge in [0.25, 0.3) is 0 Å². The highest BCUT2D eigenvalue weighted by Crippen LogP contribution is 2.51. The van der Waals surface area contributed by atoms with Crippen LogP contribution in [0.1, 0.15) is 74.3 Å². The molecule has 3 N–H and O–H groups in total. The SMILES string of the molecule is CN1CC2(CCCC(C)(c3cccc(CCC(=O)O)c3)c3cnc([nH]3)-c3cc(ccc3F)Oc3c(F)cc4[nH]ccc4c3CCC1=O)CC2. The summed E-state index contributed by atoms with van der Waals surface area (Å²) in [5.41, 5.74) is 3.58. The summed E-state index contributed by atoms with van der Waals surface area (Å²) in [7, 11) is 1.85. The van der Waals surface area contributed by atoms with Crippen molar-refractivity contribution in [3.63, 3.8) is 0 Å². The van der Waals surface area contributed by atoms with Gasteiger partial charge >= 0.3 is 5.97 Å². The third-order valence-corrected chi connectivity index (χ3v) is 10.6. The lowest BCUT2D eigenvalue weighted by Gasteiger charge is -2.31. The van der Waals surface area contributed by atoms with Gasteiger partial charge in [0, 0.05) is 72.5 Å². The zero-order chi connectivity index (χ0) is 34.3. The standard InChI is InChI=1S/C39H40F2N4O4/c1-38(25-6-3-5-24(19-25)7-12-35(47)48)14-4-15-39(16-17-39)23-45(2)34(46)11-9-28-27-13-18-42-32(27)21-31(41)36(28)49-26-8-10-30(40)29(20-26)37-43-22-33(38)44-37/h3,5-6,8,10,13,18-22,42H,4,7,9,11-12,14-17,23H2,1-2H3,(H,43,44)(H,47,48). The second-order valence-electron chi connectivity index (χ2n) is 14.0. The maximum Gasteiger partial charge on any atom is 0.303 e. The number of nitrogens with zero attached hydrogens (tertiary/aromatic N) is 2. The van der Waals surface area contributed by atoms with E-state index in [-0.39, 0.29) is 47.6 Å². The number of hydrogen-bond donors (Lipinski definition) is 3. The lowest BCUT2D eigenvalue weighted by atomic mass is 9.74. The van der Waals surface area contributed by atoms with E-state index in [1.54, 1.807) is 12.4 Å². The number of ether oxygens (including phenoxy) is 1. The maximum absolute atomic E-state index is 15.7. The van der Waals surface area contributed by atoms with Gasteiger partial charge in [0.2, 0.25) is 5.91 Å². The average Bonchev–Trinajstić information content (AvgIpc) is 3.42. The van der Waals surface area contributed by atoms with Gasteiger partial charge in [0.1, 0.15) is 17.4 Å². The van der Waals surface area contributed by atoms with E-state index in [4.69, 9.17) is 4.74 Å². The van der Waals surface area contributed by atoms with E-state index in [1.165, 1.54) is 24.3 Å². The first-order valence-corrected chi connectivity index (χ1v) is 16.9. The topological polar surface area (TPSA) is 111 Å². The van der Waals surface area contributed by atoms with E-state index in [9.17, 15) is 14.7 Å². The number of fused-ring (bicyclic) bond motifs is 8. The molecule has 3 heterocycles. The van der Waals surface area contributed by atoms with Gasteiger partial charge in [0.05, 0.1) is 5.56 Å². The molecule has 1 amide bonds. The minimum atomic E-state index is -0.850. The van der Waals surface area contributed by atoms with Crippen LogP contribution in [0.2, 0.25) is 0 Å². The van der Waals surface area contributed by atoms with Gasteiger partial charge in [-0.3, -0.25) is 9.59 Å². The third kappa shape index (κ3) is 6.56. The van der Waals surface area contributed by atoms with Crippen LogP contribution < -0.4 is 4.74 Å². The number of amides is 1. The highest BCUT2D eigenvalue weighted by atomic mass is 19.1. The molecule has 1 unspecified atom stereocenters. The van der Waals surface area contributed by atoms with E-state index in [0.717, 1.165) is 54.3 Å².